The highest BCUT2D eigenvalue weighted by atomic mass is 16.6. The van der Waals surface area contributed by atoms with Crippen LogP contribution in [-0.2, 0) is 19.1 Å². The quantitative estimate of drug-likeness (QED) is 0.451. The molecule has 142 valence electrons. The third kappa shape index (κ3) is 4.51. The molecular formula is C20H26O6. The van der Waals surface area contributed by atoms with Crippen LogP contribution in [0.2, 0.25) is 0 Å². The lowest BCUT2D eigenvalue weighted by Gasteiger charge is -2.28. The number of carbonyl (C=O) groups excluding carboxylic acids is 2. The second-order valence-electron chi connectivity index (χ2n) is 6.58. The normalized spacial score (nSPS) is 31.2. The fourth-order valence-corrected chi connectivity index (χ4v) is 3.15. The standard InChI is InChI=1S/C20H26O6/c1-4-12(2)19(23)25-16-8-14(10-21)6-5-7-15(11-22)9-17-18(16)13(3)20(24)26-17/h4,6,9,16-18,21-22H,3,5,7-8,10-11H2,1-2H3/b12-4-,14-6+,15-9+/t16-,17-,18-/m1/s1. The highest BCUT2D eigenvalue weighted by Gasteiger charge is 2.44. The van der Waals surface area contributed by atoms with E-state index in [1.165, 1.54) is 0 Å². The van der Waals surface area contributed by atoms with Crippen LogP contribution >= 0.6 is 0 Å². The molecular weight excluding hydrogens is 336 g/mol. The van der Waals surface area contributed by atoms with Gasteiger partial charge in [-0.15, -0.1) is 0 Å². The molecule has 2 rings (SSSR count). The minimum absolute atomic E-state index is 0.155. The molecule has 3 atom stereocenters. The van der Waals surface area contributed by atoms with E-state index >= 15 is 0 Å². The molecule has 1 heterocycles. The maximum Gasteiger partial charge on any atom is 0.334 e. The van der Waals surface area contributed by atoms with Crippen molar-refractivity contribution in [3.8, 4) is 0 Å². The first kappa shape index (κ1) is 20.1. The Bertz CT molecular complexity index is 668. The summed E-state index contributed by atoms with van der Waals surface area (Å²) in [5.41, 5.74) is 2.13. The third-order valence-electron chi connectivity index (χ3n) is 4.84. The van der Waals surface area contributed by atoms with Crippen molar-refractivity contribution in [2.75, 3.05) is 13.2 Å². The smallest absolute Gasteiger partial charge is 0.334 e. The lowest BCUT2D eigenvalue weighted by atomic mass is 9.85. The zero-order valence-electron chi connectivity index (χ0n) is 15.2. The van der Waals surface area contributed by atoms with Gasteiger partial charge in [0, 0.05) is 17.6 Å². The predicted octanol–water partition coefficient (Wildman–Crippen LogP) is 1.98. The van der Waals surface area contributed by atoms with Crippen molar-refractivity contribution in [3.05, 3.63) is 47.1 Å². The number of hydrogen-bond acceptors (Lipinski definition) is 6. The molecule has 1 fully saturated rings. The maximum absolute atomic E-state index is 12.3. The van der Waals surface area contributed by atoms with Gasteiger partial charge in [0.1, 0.15) is 12.2 Å². The molecule has 0 aromatic carbocycles. The summed E-state index contributed by atoms with van der Waals surface area (Å²) in [6, 6.07) is 0. The van der Waals surface area contributed by atoms with Crippen molar-refractivity contribution in [2.45, 2.75) is 45.3 Å². The van der Waals surface area contributed by atoms with Crippen LogP contribution in [0.25, 0.3) is 0 Å². The van der Waals surface area contributed by atoms with Gasteiger partial charge in [0.2, 0.25) is 0 Å². The second-order valence-corrected chi connectivity index (χ2v) is 6.58. The molecule has 26 heavy (non-hydrogen) atoms. The molecule has 1 aliphatic heterocycles. The summed E-state index contributed by atoms with van der Waals surface area (Å²) in [6.07, 6.45) is 5.41. The van der Waals surface area contributed by atoms with E-state index in [9.17, 15) is 19.8 Å². The zero-order valence-corrected chi connectivity index (χ0v) is 15.2. The number of rotatable bonds is 4. The molecule has 0 spiro atoms. The summed E-state index contributed by atoms with van der Waals surface area (Å²) < 4.78 is 11.1. The Morgan fingerprint density at radius 3 is 2.69 bits per heavy atom. The van der Waals surface area contributed by atoms with Crippen LogP contribution in [0.4, 0.5) is 0 Å². The summed E-state index contributed by atoms with van der Waals surface area (Å²) >= 11 is 0. The number of carbonyl (C=O) groups is 2. The summed E-state index contributed by atoms with van der Waals surface area (Å²) in [5.74, 6) is -1.58. The summed E-state index contributed by atoms with van der Waals surface area (Å²) in [5, 5.41) is 19.2. The van der Waals surface area contributed by atoms with Gasteiger partial charge in [-0.05, 0) is 43.9 Å². The van der Waals surface area contributed by atoms with Crippen LogP contribution in [0.15, 0.2) is 47.1 Å². The Morgan fingerprint density at radius 1 is 1.38 bits per heavy atom. The average molecular weight is 362 g/mol. The molecule has 6 nitrogen and oxygen atoms in total. The minimum atomic E-state index is -0.700. The van der Waals surface area contributed by atoms with E-state index in [2.05, 4.69) is 6.58 Å². The summed E-state index contributed by atoms with van der Waals surface area (Å²) in [4.78, 5) is 24.4. The molecule has 0 aromatic heterocycles. The van der Waals surface area contributed by atoms with Gasteiger partial charge in [0.25, 0.3) is 0 Å². The van der Waals surface area contributed by atoms with E-state index in [1.807, 2.05) is 6.08 Å². The van der Waals surface area contributed by atoms with Crippen LogP contribution in [0.1, 0.15) is 33.1 Å². The first-order chi connectivity index (χ1) is 12.4. The largest absolute Gasteiger partial charge is 0.458 e. The highest BCUT2D eigenvalue weighted by Crippen LogP contribution is 2.36. The van der Waals surface area contributed by atoms with Crippen LogP contribution in [0, 0.1) is 5.92 Å². The first-order valence-corrected chi connectivity index (χ1v) is 8.74. The predicted molar refractivity (Wildman–Crippen MR) is 96.0 cm³/mol. The Hall–Kier alpha value is -2.18. The molecule has 0 saturated carbocycles. The maximum atomic E-state index is 12.3. The van der Waals surface area contributed by atoms with E-state index < -0.39 is 30.1 Å². The van der Waals surface area contributed by atoms with E-state index in [1.54, 1.807) is 26.0 Å². The molecule has 1 aliphatic carbocycles. The number of aliphatic hydroxyl groups excluding tert-OH is 2. The number of hydrogen-bond donors (Lipinski definition) is 2. The van der Waals surface area contributed by atoms with Gasteiger partial charge in [0.15, 0.2) is 0 Å². The Morgan fingerprint density at radius 2 is 2.08 bits per heavy atom. The fraction of sp³-hybridized carbons (Fsp3) is 0.500. The van der Waals surface area contributed by atoms with E-state index in [4.69, 9.17) is 9.47 Å². The molecule has 0 amide bonds. The van der Waals surface area contributed by atoms with Crippen molar-refractivity contribution < 1.29 is 29.3 Å². The monoisotopic (exact) mass is 362 g/mol. The van der Waals surface area contributed by atoms with Crippen LogP contribution in [0.3, 0.4) is 0 Å². The molecule has 2 aliphatic rings. The molecule has 6 heteroatoms. The molecule has 2 N–H and O–H groups in total. The molecule has 0 aromatic rings. The lowest BCUT2D eigenvalue weighted by molar-refractivity contribution is -0.147. The van der Waals surface area contributed by atoms with Crippen molar-refractivity contribution in [2.24, 2.45) is 5.92 Å². The summed E-state index contributed by atoms with van der Waals surface area (Å²) in [7, 11) is 0. The van der Waals surface area contributed by atoms with E-state index in [0.29, 0.717) is 30.4 Å². The van der Waals surface area contributed by atoms with Crippen molar-refractivity contribution in [3.63, 3.8) is 0 Å². The Labute approximate surface area is 153 Å². The average Bonchev–Trinajstić information content (AvgIpc) is 2.91. The van der Waals surface area contributed by atoms with Gasteiger partial charge in [-0.3, -0.25) is 0 Å². The van der Waals surface area contributed by atoms with Crippen LogP contribution in [-0.4, -0.2) is 47.6 Å². The van der Waals surface area contributed by atoms with Gasteiger partial charge in [-0.2, -0.15) is 0 Å². The lowest BCUT2D eigenvalue weighted by Crippen LogP contribution is -2.34. The number of allylic oxidation sites excluding steroid dienone is 2. The molecule has 1 saturated heterocycles. The zero-order chi connectivity index (χ0) is 19.3. The van der Waals surface area contributed by atoms with Gasteiger partial charge in [0.05, 0.1) is 19.1 Å². The third-order valence-corrected chi connectivity index (χ3v) is 4.84. The Balaban J connectivity index is 2.43. The highest BCUT2D eigenvalue weighted by molar-refractivity contribution is 5.92. The summed E-state index contributed by atoms with van der Waals surface area (Å²) in [6.45, 7) is 6.88. The molecule has 0 bridgehead atoms. The van der Waals surface area contributed by atoms with Crippen LogP contribution in [0.5, 0.6) is 0 Å². The minimum Gasteiger partial charge on any atom is -0.458 e. The van der Waals surface area contributed by atoms with E-state index in [-0.39, 0.29) is 18.8 Å². The number of esters is 2. The van der Waals surface area contributed by atoms with Gasteiger partial charge in [-0.25, -0.2) is 9.59 Å². The van der Waals surface area contributed by atoms with Gasteiger partial charge < -0.3 is 19.7 Å². The molecule has 0 radical (unpaired) electrons. The van der Waals surface area contributed by atoms with Crippen molar-refractivity contribution >= 4 is 11.9 Å². The second kappa shape index (κ2) is 8.96. The van der Waals surface area contributed by atoms with Crippen molar-refractivity contribution in [1.82, 2.24) is 0 Å². The number of fused-ring (bicyclic) bond motifs is 1. The topological polar surface area (TPSA) is 93.1 Å². The van der Waals surface area contributed by atoms with Gasteiger partial charge in [-0.1, -0.05) is 18.7 Å². The Kier molecular flexibility index (Phi) is 6.94. The van der Waals surface area contributed by atoms with Gasteiger partial charge >= 0.3 is 11.9 Å². The van der Waals surface area contributed by atoms with Crippen molar-refractivity contribution in [1.29, 1.82) is 0 Å². The molecule has 0 unspecified atom stereocenters. The number of ether oxygens (including phenoxy) is 2. The first-order valence-electron chi connectivity index (χ1n) is 8.74. The van der Waals surface area contributed by atoms with E-state index in [0.717, 1.165) is 5.57 Å². The fourth-order valence-electron chi connectivity index (χ4n) is 3.15. The van der Waals surface area contributed by atoms with Crippen LogP contribution < -0.4 is 0 Å². The number of aliphatic hydroxyl groups is 2. The SMILES string of the molecule is C=C1C(=O)O[C@@H]2/C=C(/CO)CC/C=C(/CO)C[C@@H](OC(=O)/C(C)=C\C)[C@@H]12.